The molecule has 0 atom stereocenters. The van der Waals surface area contributed by atoms with Crippen molar-refractivity contribution >= 4 is 16.1 Å². The predicted molar refractivity (Wildman–Crippen MR) is 95.9 cm³/mol. The summed E-state index contributed by atoms with van der Waals surface area (Å²) in [6.45, 7) is 3.92. The minimum atomic E-state index is -3.62. The van der Waals surface area contributed by atoms with Crippen LogP contribution in [0.3, 0.4) is 0 Å². The second-order valence-electron chi connectivity index (χ2n) is 6.26. The molecule has 1 aromatic rings. The molecule has 1 aromatic carbocycles. The molecule has 1 aliphatic rings. The number of rotatable bonds is 7. The van der Waals surface area contributed by atoms with Gasteiger partial charge < -0.3 is 15.0 Å². The lowest BCUT2D eigenvalue weighted by Crippen LogP contribution is -2.57. The zero-order chi connectivity index (χ0) is 18.3. The highest BCUT2D eigenvalue weighted by Crippen LogP contribution is 2.28. The Morgan fingerprint density at radius 1 is 1.24 bits per heavy atom. The van der Waals surface area contributed by atoms with E-state index < -0.39 is 15.6 Å². The van der Waals surface area contributed by atoms with Crippen molar-refractivity contribution in [2.45, 2.75) is 36.6 Å². The fourth-order valence-electron chi connectivity index (χ4n) is 3.04. The number of amides is 2. The fraction of sp³-hybridized carbons (Fsp3) is 0.588. The number of methoxy groups -OCH3 is 1. The minimum absolute atomic E-state index is 0.103. The molecule has 0 aromatic heterocycles. The van der Waals surface area contributed by atoms with Crippen molar-refractivity contribution < 1.29 is 17.9 Å². The maximum Gasteiger partial charge on any atom is 0.317 e. The number of nitrogens with one attached hydrogen (secondary N) is 2. The number of sulfonamides is 1. The summed E-state index contributed by atoms with van der Waals surface area (Å²) >= 11 is 0. The monoisotopic (exact) mass is 369 g/mol. The second-order valence-corrected chi connectivity index (χ2v) is 7.95. The Labute approximate surface area is 149 Å². The van der Waals surface area contributed by atoms with Crippen molar-refractivity contribution in [2.75, 3.05) is 33.4 Å². The molecule has 1 fully saturated rings. The average Bonchev–Trinajstić information content (AvgIpc) is 2.61. The summed E-state index contributed by atoms with van der Waals surface area (Å²) in [6.07, 6.45) is 1.68. The van der Waals surface area contributed by atoms with Gasteiger partial charge in [0.05, 0.1) is 4.90 Å². The molecule has 1 aliphatic heterocycles. The molecule has 0 unspecified atom stereocenters. The Morgan fingerprint density at radius 3 is 2.44 bits per heavy atom. The van der Waals surface area contributed by atoms with Crippen LogP contribution < -0.4 is 10.0 Å². The number of hydrogen-bond acceptors (Lipinski definition) is 4. The van der Waals surface area contributed by atoms with Gasteiger partial charge in [-0.1, -0.05) is 18.2 Å². The summed E-state index contributed by atoms with van der Waals surface area (Å²) in [5.74, 6) is 0. The second kappa shape index (κ2) is 8.64. The summed E-state index contributed by atoms with van der Waals surface area (Å²) in [7, 11) is -2.02. The lowest BCUT2D eigenvalue weighted by molar-refractivity contribution is 0.115. The summed E-state index contributed by atoms with van der Waals surface area (Å²) in [5, 5.41) is 2.78. The van der Waals surface area contributed by atoms with Gasteiger partial charge in [-0.25, -0.2) is 17.9 Å². The van der Waals surface area contributed by atoms with Gasteiger partial charge in [-0.15, -0.1) is 0 Å². The van der Waals surface area contributed by atoms with Crippen LogP contribution in [0.15, 0.2) is 35.2 Å². The lowest BCUT2D eigenvalue weighted by Gasteiger charge is -2.42. The van der Waals surface area contributed by atoms with Crippen molar-refractivity contribution in [2.24, 2.45) is 0 Å². The van der Waals surface area contributed by atoms with Gasteiger partial charge in [0.1, 0.15) is 0 Å². The molecule has 25 heavy (non-hydrogen) atoms. The van der Waals surface area contributed by atoms with Crippen molar-refractivity contribution in [3.05, 3.63) is 30.3 Å². The Hall–Kier alpha value is -1.64. The van der Waals surface area contributed by atoms with Crippen LogP contribution in [0.5, 0.6) is 0 Å². The highest BCUT2D eigenvalue weighted by atomic mass is 32.2. The highest BCUT2D eigenvalue weighted by molar-refractivity contribution is 7.89. The zero-order valence-electron chi connectivity index (χ0n) is 14.8. The Bertz CT molecular complexity index is 656. The molecule has 2 rings (SSSR count). The normalized spacial score (nSPS) is 17.3. The SMILES string of the molecule is CCNC(=O)N1CCC(CCOC)(NS(=O)(=O)c2ccccc2)CC1. The van der Waals surface area contributed by atoms with E-state index in [0.717, 1.165) is 0 Å². The Kier molecular flexibility index (Phi) is 6.80. The van der Waals surface area contributed by atoms with E-state index in [-0.39, 0.29) is 10.9 Å². The molecule has 1 heterocycles. The smallest absolute Gasteiger partial charge is 0.317 e. The first-order chi connectivity index (χ1) is 11.9. The van der Waals surface area contributed by atoms with Gasteiger partial charge in [0.15, 0.2) is 0 Å². The van der Waals surface area contributed by atoms with E-state index in [9.17, 15) is 13.2 Å². The van der Waals surface area contributed by atoms with Crippen LogP contribution in [0, 0.1) is 0 Å². The molecule has 0 radical (unpaired) electrons. The quantitative estimate of drug-likeness (QED) is 0.764. The van der Waals surface area contributed by atoms with Crippen molar-refractivity contribution in [1.82, 2.24) is 14.9 Å². The van der Waals surface area contributed by atoms with Crippen LogP contribution in [0.1, 0.15) is 26.2 Å². The average molecular weight is 369 g/mol. The molecule has 140 valence electrons. The first-order valence-electron chi connectivity index (χ1n) is 8.53. The molecule has 0 aliphatic carbocycles. The van der Waals surface area contributed by atoms with Crippen LogP contribution in [0.4, 0.5) is 4.79 Å². The van der Waals surface area contributed by atoms with Crippen LogP contribution in [-0.4, -0.2) is 58.2 Å². The summed E-state index contributed by atoms with van der Waals surface area (Å²) in [4.78, 5) is 14.0. The van der Waals surface area contributed by atoms with Crippen molar-refractivity contribution in [1.29, 1.82) is 0 Å². The van der Waals surface area contributed by atoms with Crippen LogP contribution in [-0.2, 0) is 14.8 Å². The first-order valence-corrected chi connectivity index (χ1v) is 10.0. The number of carbonyl (C=O) groups excluding carboxylic acids is 1. The summed E-state index contributed by atoms with van der Waals surface area (Å²) in [6, 6.07) is 8.24. The van der Waals surface area contributed by atoms with Crippen LogP contribution >= 0.6 is 0 Å². The first kappa shape index (κ1) is 19.7. The summed E-state index contributed by atoms with van der Waals surface area (Å²) in [5.41, 5.74) is -0.603. The van der Waals surface area contributed by atoms with Crippen molar-refractivity contribution in [3.8, 4) is 0 Å². The molecule has 2 N–H and O–H groups in total. The third-order valence-corrected chi connectivity index (χ3v) is 6.12. The highest BCUT2D eigenvalue weighted by Gasteiger charge is 2.39. The van der Waals surface area contributed by atoms with E-state index in [4.69, 9.17) is 4.74 Å². The Morgan fingerprint density at radius 2 is 1.88 bits per heavy atom. The van der Waals surface area contributed by atoms with Crippen molar-refractivity contribution in [3.63, 3.8) is 0 Å². The van der Waals surface area contributed by atoms with Gasteiger partial charge in [0.2, 0.25) is 10.0 Å². The molecular formula is C17H27N3O4S. The minimum Gasteiger partial charge on any atom is -0.385 e. The lowest BCUT2D eigenvalue weighted by atomic mass is 9.86. The zero-order valence-corrected chi connectivity index (χ0v) is 15.6. The van der Waals surface area contributed by atoms with Gasteiger partial charge in [-0.3, -0.25) is 0 Å². The molecule has 2 amide bonds. The standard InChI is InChI=1S/C17H27N3O4S/c1-3-18-16(21)20-12-9-17(10-13-20,11-14-24-2)19-25(22,23)15-7-5-4-6-8-15/h4-8,19H,3,9-14H2,1-2H3,(H,18,21). The number of likely N-dealkylation sites (tertiary alicyclic amines) is 1. The van der Waals surface area contributed by atoms with Gasteiger partial charge in [0, 0.05) is 38.9 Å². The van der Waals surface area contributed by atoms with E-state index in [1.54, 1.807) is 42.3 Å². The fourth-order valence-corrected chi connectivity index (χ4v) is 4.55. The van der Waals surface area contributed by atoms with Gasteiger partial charge in [0.25, 0.3) is 0 Å². The maximum atomic E-state index is 12.7. The molecule has 1 saturated heterocycles. The number of benzene rings is 1. The third kappa shape index (κ3) is 5.17. The van der Waals surface area contributed by atoms with Crippen LogP contribution in [0.2, 0.25) is 0 Å². The molecule has 0 bridgehead atoms. The number of ether oxygens (including phenoxy) is 1. The molecule has 8 heteroatoms. The molecular weight excluding hydrogens is 342 g/mol. The molecule has 0 saturated carbocycles. The number of piperidine rings is 1. The maximum absolute atomic E-state index is 12.7. The van der Waals surface area contributed by atoms with E-state index in [2.05, 4.69) is 10.0 Å². The van der Waals surface area contributed by atoms with Crippen LogP contribution in [0.25, 0.3) is 0 Å². The van der Waals surface area contributed by atoms with E-state index in [0.29, 0.717) is 45.5 Å². The molecule has 0 spiro atoms. The third-order valence-electron chi connectivity index (χ3n) is 4.52. The van der Waals surface area contributed by atoms with Gasteiger partial charge >= 0.3 is 6.03 Å². The number of hydrogen-bond donors (Lipinski definition) is 2. The summed E-state index contributed by atoms with van der Waals surface area (Å²) < 4.78 is 33.5. The number of urea groups is 1. The van der Waals surface area contributed by atoms with Gasteiger partial charge in [-0.05, 0) is 38.3 Å². The number of carbonyl (C=O) groups is 1. The van der Waals surface area contributed by atoms with Gasteiger partial charge in [-0.2, -0.15) is 0 Å². The molecule has 7 nitrogen and oxygen atoms in total. The van der Waals surface area contributed by atoms with E-state index >= 15 is 0 Å². The number of nitrogens with zero attached hydrogens (tertiary/aromatic N) is 1. The Balaban J connectivity index is 2.13. The van der Waals surface area contributed by atoms with E-state index in [1.807, 2.05) is 6.92 Å². The topological polar surface area (TPSA) is 87.7 Å². The predicted octanol–water partition coefficient (Wildman–Crippen LogP) is 1.57. The van der Waals surface area contributed by atoms with E-state index in [1.165, 1.54) is 0 Å². The largest absolute Gasteiger partial charge is 0.385 e.